The van der Waals surface area contributed by atoms with Crippen LogP contribution in [0.2, 0.25) is 0 Å². The first-order valence-corrected chi connectivity index (χ1v) is 5.03. The summed E-state index contributed by atoms with van der Waals surface area (Å²) in [5.41, 5.74) is 3.62. The van der Waals surface area contributed by atoms with E-state index in [4.69, 9.17) is 0 Å². The van der Waals surface area contributed by atoms with Crippen molar-refractivity contribution < 1.29 is 9.53 Å². The normalized spacial score (nSPS) is 10.6. The molecule has 0 aliphatic heterocycles. The van der Waals surface area contributed by atoms with Crippen LogP contribution in [-0.2, 0) is 16.0 Å². The second-order valence-corrected chi connectivity index (χ2v) is 3.40. The minimum absolute atomic E-state index is 0.327. The topological polar surface area (TPSA) is 26.3 Å². The van der Waals surface area contributed by atoms with Gasteiger partial charge < -0.3 is 4.74 Å². The van der Waals surface area contributed by atoms with E-state index in [9.17, 15) is 4.79 Å². The zero-order valence-corrected chi connectivity index (χ0v) is 9.41. The first-order chi connectivity index (χ1) is 7.17. The molecule has 0 N–H and O–H groups in total. The Morgan fingerprint density at radius 1 is 1.47 bits per heavy atom. The number of aryl methyl sites for hydroxylation is 2. The number of hydrogen-bond acceptors (Lipinski definition) is 2. The van der Waals surface area contributed by atoms with Crippen LogP contribution in [0.4, 0.5) is 0 Å². The molecule has 1 rings (SSSR count). The Kier molecular flexibility index (Phi) is 4.10. The van der Waals surface area contributed by atoms with E-state index < -0.39 is 0 Å². The Balaban J connectivity index is 2.84. The number of methoxy groups -OCH3 is 1. The molecular formula is C13H16O2. The largest absolute Gasteiger partial charge is 0.466 e. The quantitative estimate of drug-likeness (QED) is 0.559. The maximum absolute atomic E-state index is 10.9. The maximum atomic E-state index is 10.9. The van der Waals surface area contributed by atoms with Crippen molar-refractivity contribution in [1.82, 2.24) is 0 Å². The molecule has 0 aliphatic carbocycles. The van der Waals surface area contributed by atoms with Gasteiger partial charge in [0.25, 0.3) is 0 Å². The minimum Gasteiger partial charge on any atom is -0.466 e. The molecule has 0 aliphatic rings. The molecule has 0 spiro atoms. The molecule has 0 saturated heterocycles. The van der Waals surface area contributed by atoms with Crippen LogP contribution in [0.15, 0.2) is 24.3 Å². The molecule has 1 aromatic carbocycles. The highest BCUT2D eigenvalue weighted by molar-refractivity contribution is 5.86. The maximum Gasteiger partial charge on any atom is 0.330 e. The number of hydrogen-bond donors (Lipinski definition) is 0. The summed E-state index contributed by atoms with van der Waals surface area (Å²) in [6.45, 7) is 4.21. The lowest BCUT2D eigenvalue weighted by atomic mass is 10.0. The van der Waals surface area contributed by atoms with E-state index >= 15 is 0 Å². The van der Waals surface area contributed by atoms with Crippen LogP contribution >= 0.6 is 0 Å². The van der Waals surface area contributed by atoms with Crippen molar-refractivity contribution in [2.75, 3.05) is 7.11 Å². The summed E-state index contributed by atoms with van der Waals surface area (Å²) in [6, 6.07) is 6.16. The van der Waals surface area contributed by atoms with Crippen molar-refractivity contribution in [2.45, 2.75) is 20.3 Å². The Morgan fingerprint density at radius 3 is 2.73 bits per heavy atom. The van der Waals surface area contributed by atoms with Gasteiger partial charge in [0.15, 0.2) is 0 Å². The predicted octanol–water partition coefficient (Wildman–Crippen LogP) is 2.74. The molecule has 0 bridgehead atoms. The third-order valence-electron chi connectivity index (χ3n) is 2.36. The van der Waals surface area contributed by atoms with Gasteiger partial charge in [0.2, 0.25) is 0 Å². The summed E-state index contributed by atoms with van der Waals surface area (Å²) in [5.74, 6) is -0.327. The zero-order valence-electron chi connectivity index (χ0n) is 9.41. The molecular weight excluding hydrogens is 188 g/mol. The summed E-state index contributed by atoms with van der Waals surface area (Å²) in [6.07, 6.45) is 4.23. The van der Waals surface area contributed by atoms with Crippen molar-refractivity contribution in [1.29, 1.82) is 0 Å². The Labute approximate surface area is 90.6 Å². The highest BCUT2D eigenvalue weighted by Gasteiger charge is 1.97. The van der Waals surface area contributed by atoms with Gasteiger partial charge in [-0.05, 0) is 36.1 Å². The van der Waals surface area contributed by atoms with Crippen LogP contribution in [0.25, 0.3) is 6.08 Å². The fourth-order valence-electron chi connectivity index (χ4n) is 1.45. The van der Waals surface area contributed by atoms with Crippen molar-refractivity contribution in [2.24, 2.45) is 0 Å². The number of rotatable bonds is 3. The molecule has 0 heterocycles. The molecule has 2 nitrogen and oxygen atoms in total. The van der Waals surface area contributed by atoms with E-state index in [1.807, 2.05) is 6.07 Å². The first-order valence-electron chi connectivity index (χ1n) is 5.03. The monoisotopic (exact) mass is 204 g/mol. The third-order valence-corrected chi connectivity index (χ3v) is 2.36. The average Bonchev–Trinajstić information content (AvgIpc) is 2.26. The highest BCUT2D eigenvalue weighted by Crippen LogP contribution is 2.12. The number of carbonyl (C=O) groups excluding carboxylic acids is 1. The minimum atomic E-state index is -0.327. The molecule has 0 atom stereocenters. The Hall–Kier alpha value is -1.57. The summed E-state index contributed by atoms with van der Waals surface area (Å²) in [5, 5.41) is 0. The molecule has 2 heteroatoms. The smallest absolute Gasteiger partial charge is 0.330 e. The Bertz CT molecular complexity index is 378. The molecule has 0 fully saturated rings. The van der Waals surface area contributed by atoms with Crippen LogP contribution in [0.1, 0.15) is 23.6 Å². The third kappa shape index (κ3) is 3.24. The summed E-state index contributed by atoms with van der Waals surface area (Å²) in [4.78, 5) is 10.9. The van der Waals surface area contributed by atoms with Gasteiger partial charge in [-0.15, -0.1) is 0 Å². The van der Waals surface area contributed by atoms with E-state index in [2.05, 4.69) is 30.7 Å². The summed E-state index contributed by atoms with van der Waals surface area (Å²) < 4.78 is 4.52. The van der Waals surface area contributed by atoms with E-state index in [-0.39, 0.29) is 5.97 Å². The van der Waals surface area contributed by atoms with E-state index in [0.29, 0.717) is 0 Å². The first kappa shape index (κ1) is 11.5. The lowest BCUT2D eigenvalue weighted by Gasteiger charge is -2.03. The number of benzene rings is 1. The molecule has 1 aromatic rings. The van der Waals surface area contributed by atoms with Crippen LogP contribution < -0.4 is 0 Å². The molecule has 80 valence electrons. The zero-order chi connectivity index (χ0) is 11.3. The SMILES string of the molecule is CCc1ccc(C=CC(=O)OC)cc1C. The van der Waals surface area contributed by atoms with E-state index in [1.54, 1.807) is 6.08 Å². The highest BCUT2D eigenvalue weighted by atomic mass is 16.5. The van der Waals surface area contributed by atoms with Gasteiger partial charge in [0.05, 0.1) is 7.11 Å². The summed E-state index contributed by atoms with van der Waals surface area (Å²) >= 11 is 0. The van der Waals surface area contributed by atoms with Crippen LogP contribution in [-0.4, -0.2) is 13.1 Å². The lowest BCUT2D eigenvalue weighted by molar-refractivity contribution is -0.134. The van der Waals surface area contributed by atoms with E-state index in [1.165, 1.54) is 24.3 Å². The second kappa shape index (κ2) is 5.35. The van der Waals surface area contributed by atoms with E-state index in [0.717, 1.165) is 12.0 Å². The fourth-order valence-corrected chi connectivity index (χ4v) is 1.45. The lowest BCUT2D eigenvalue weighted by Crippen LogP contribution is -1.93. The van der Waals surface area contributed by atoms with Crippen molar-refractivity contribution in [3.05, 3.63) is 41.0 Å². The van der Waals surface area contributed by atoms with Gasteiger partial charge in [0, 0.05) is 6.08 Å². The van der Waals surface area contributed by atoms with Crippen LogP contribution in [0, 0.1) is 6.92 Å². The van der Waals surface area contributed by atoms with Gasteiger partial charge in [-0.25, -0.2) is 4.79 Å². The van der Waals surface area contributed by atoms with Gasteiger partial charge >= 0.3 is 5.97 Å². The molecule has 15 heavy (non-hydrogen) atoms. The van der Waals surface area contributed by atoms with Crippen LogP contribution in [0.3, 0.4) is 0 Å². The molecule has 0 radical (unpaired) electrons. The van der Waals surface area contributed by atoms with Crippen molar-refractivity contribution in [3.63, 3.8) is 0 Å². The predicted molar refractivity (Wildman–Crippen MR) is 61.6 cm³/mol. The number of ether oxygens (including phenoxy) is 1. The molecule has 0 unspecified atom stereocenters. The van der Waals surface area contributed by atoms with Gasteiger partial charge in [0.1, 0.15) is 0 Å². The van der Waals surface area contributed by atoms with Crippen LogP contribution in [0.5, 0.6) is 0 Å². The second-order valence-electron chi connectivity index (χ2n) is 3.40. The van der Waals surface area contributed by atoms with Gasteiger partial charge in [-0.2, -0.15) is 0 Å². The van der Waals surface area contributed by atoms with Crippen molar-refractivity contribution in [3.8, 4) is 0 Å². The fraction of sp³-hybridized carbons (Fsp3) is 0.308. The number of carbonyl (C=O) groups is 1. The number of esters is 1. The standard InChI is InChI=1S/C13H16O2/c1-4-12-7-5-11(9-10(12)2)6-8-13(14)15-3/h5-9H,4H2,1-3H3. The average molecular weight is 204 g/mol. The van der Waals surface area contributed by atoms with Gasteiger partial charge in [-0.1, -0.05) is 25.1 Å². The molecule has 0 aromatic heterocycles. The molecule has 0 saturated carbocycles. The Morgan fingerprint density at radius 2 is 2.20 bits per heavy atom. The molecule has 0 amide bonds. The van der Waals surface area contributed by atoms with Gasteiger partial charge in [-0.3, -0.25) is 0 Å². The summed E-state index contributed by atoms with van der Waals surface area (Å²) in [7, 11) is 1.37. The van der Waals surface area contributed by atoms with Crippen molar-refractivity contribution >= 4 is 12.0 Å².